The first-order chi connectivity index (χ1) is 9.37. The average Bonchev–Trinajstić information content (AvgIpc) is 2.83. The predicted molar refractivity (Wildman–Crippen MR) is 82.2 cm³/mol. The molecule has 1 aliphatic rings. The van der Waals surface area contributed by atoms with Gasteiger partial charge in [-0.3, -0.25) is 4.79 Å². The molecule has 0 unspecified atom stereocenters. The maximum Gasteiger partial charge on any atom is 0.317 e. The van der Waals surface area contributed by atoms with Gasteiger partial charge in [-0.25, -0.2) is 4.98 Å². The fraction of sp³-hybridized carbons (Fsp3) is 0.733. The number of aromatic nitrogens is 1. The fourth-order valence-corrected chi connectivity index (χ4v) is 3.18. The van der Waals surface area contributed by atoms with Gasteiger partial charge in [-0.1, -0.05) is 13.3 Å². The van der Waals surface area contributed by atoms with E-state index in [-0.39, 0.29) is 5.97 Å². The van der Waals surface area contributed by atoms with E-state index in [2.05, 4.69) is 17.2 Å². The molecule has 0 amide bonds. The van der Waals surface area contributed by atoms with Crippen molar-refractivity contribution < 1.29 is 9.53 Å². The molecular weight excluding hydrogens is 272 g/mol. The van der Waals surface area contributed by atoms with Crippen molar-refractivity contribution in [3.63, 3.8) is 0 Å². The quantitative estimate of drug-likeness (QED) is 0.815. The van der Waals surface area contributed by atoms with Gasteiger partial charge in [0.15, 0.2) is 5.13 Å². The minimum atomic E-state index is -0.688. The summed E-state index contributed by atoms with van der Waals surface area (Å²) in [6, 6.07) is 0. The van der Waals surface area contributed by atoms with Crippen LogP contribution in [0.1, 0.15) is 52.7 Å². The zero-order valence-electron chi connectivity index (χ0n) is 12.8. The summed E-state index contributed by atoms with van der Waals surface area (Å²) in [6.45, 7) is 9.20. The molecule has 1 aliphatic carbocycles. The summed E-state index contributed by atoms with van der Waals surface area (Å²) < 4.78 is 5.12. The lowest BCUT2D eigenvalue weighted by Crippen LogP contribution is -2.33. The van der Waals surface area contributed by atoms with Gasteiger partial charge in [-0.05, 0) is 39.0 Å². The Labute approximate surface area is 124 Å². The van der Waals surface area contributed by atoms with Crippen LogP contribution in [0.25, 0.3) is 0 Å². The molecule has 1 fully saturated rings. The summed E-state index contributed by atoms with van der Waals surface area (Å²) in [4.78, 5) is 16.5. The van der Waals surface area contributed by atoms with Gasteiger partial charge in [0, 0.05) is 11.9 Å². The predicted octanol–water partition coefficient (Wildman–Crippen LogP) is 3.59. The van der Waals surface area contributed by atoms with E-state index in [1.54, 1.807) is 11.3 Å². The Bertz CT molecular complexity index is 478. The van der Waals surface area contributed by atoms with E-state index < -0.39 is 5.41 Å². The number of carbonyl (C=O) groups is 1. The van der Waals surface area contributed by atoms with Gasteiger partial charge in [-0.2, -0.15) is 0 Å². The third-order valence-corrected chi connectivity index (χ3v) is 4.96. The molecule has 1 aromatic rings. The number of nitrogens with zero attached hydrogens (tertiary/aromatic N) is 1. The molecule has 0 aliphatic heterocycles. The van der Waals surface area contributed by atoms with Crippen LogP contribution in [0.4, 0.5) is 5.13 Å². The number of anilines is 1. The molecule has 0 spiro atoms. The van der Waals surface area contributed by atoms with E-state index in [9.17, 15) is 4.79 Å². The van der Waals surface area contributed by atoms with Crippen molar-refractivity contribution in [2.75, 3.05) is 18.5 Å². The number of thiazole rings is 1. The molecule has 112 valence electrons. The van der Waals surface area contributed by atoms with Crippen molar-refractivity contribution in [3.05, 3.63) is 11.1 Å². The van der Waals surface area contributed by atoms with Gasteiger partial charge < -0.3 is 10.1 Å². The first-order valence-corrected chi connectivity index (χ1v) is 8.12. The Balaban J connectivity index is 1.99. The van der Waals surface area contributed by atoms with E-state index in [1.807, 2.05) is 26.2 Å². The number of hydrogen-bond acceptors (Lipinski definition) is 5. The molecule has 20 heavy (non-hydrogen) atoms. The molecule has 2 rings (SSSR count). The minimum absolute atomic E-state index is 0.220. The highest BCUT2D eigenvalue weighted by Gasteiger charge is 2.35. The van der Waals surface area contributed by atoms with Crippen LogP contribution in [-0.2, 0) is 14.9 Å². The Morgan fingerprint density at radius 2 is 2.25 bits per heavy atom. The smallest absolute Gasteiger partial charge is 0.317 e. The monoisotopic (exact) mass is 296 g/mol. The van der Waals surface area contributed by atoms with Gasteiger partial charge >= 0.3 is 5.97 Å². The molecule has 1 heterocycles. The highest BCUT2D eigenvalue weighted by Crippen LogP contribution is 2.40. The molecule has 0 radical (unpaired) electrons. The maximum absolute atomic E-state index is 12.0. The van der Waals surface area contributed by atoms with Gasteiger partial charge in [0.25, 0.3) is 0 Å². The lowest BCUT2D eigenvalue weighted by molar-refractivity contribution is -0.148. The molecule has 1 saturated carbocycles. The van der Waals surface area contributed by atoms with E-state index in [4.69, 9.17) is 4.74 Å². The Hall–Kier alpha value is -1.10. The Morgan fingerprint density at radius 1 is 1.55 bits per heavy atom. The lowest BCUT2D eigenvalue weighted by Gasteiger charge is -2.38. The number of carbonyl (C=O) groups excluding carboxylic acids is 1. The lowest BCUT2D eigenvalue weighted by atomic mass is 9.70. The van der Waals surface area contributed by atoms with Gasteiger partial charge in [-0.15, -0.1) is 11.3 Å². The van der Waals surface area contributed by atoms with Crippen LogP contribution in [0, 0.1) is 5.41 Å². The van der Waals surface area contributed by atoms with E-state index in [0.29, 0.717) is 12.0 Å². The van der Waals surface area contributed by atoms with Crippen LogP contribution in [0.3, 0.4) is 0 Å². The van der Waals surface area contributed by atoms with Gasteiger partial charge in [0.05, 0.1) is 12.3 Å². The Kier molecular flexibility index (Phi) is 4.37. The Morgan fingerprint density at radius 3 is 2.80 bits per heavy atom. The molecular formula is C15H24N2O2S. The molecule has 1 N–H and O–H groups in total. The normalized spacial score (nSPS) is 17.4. The van der Waals surface area contributed by atoms with Crippen LogP contribution in [0.5, 0.6) is 0 Å². The summed E-state index contributed by atoms with van der Waals surface area (Å²) in [5.41, 5.74) is 0.511. The highest BCUT2D eigenvalue weighted by molar-refractivity contribution is 7.13. The number of nitrogens with one attached hydrogen (secondary N) is 1. The number of esters is 1. The van der Waals surface area contributed by atoms with Gasteiger partial charge in [0.2, 0.25) is 0 Å². The first-order valence-electron chi connectivity index (χ1n) is 7.24. The molecule has 0 bridgehead atoms. The summed E-state index contributed by atoms with van der Waals surface area (Å²) in [5, 5.41) is 6.25. The van der Waals surface area contributed by atoms with Crippen molar-refractivity contribution >= 4 is 22.4 Å². The molecule has 0 saturated heterocycles. The number of rotatable bonds is 6. The third-order valence-electron chi connectivity index (χ3n) is 4.16. The second-order valence-corrected chi connectivity index (χ2v) is 7.26. The number of ether oxygens (including phenoxy) is 1. The molecule has 4 nitrogen and oxygen atoms in total. The van der Waals surface area contributed by atoms with Crippen molar-refractivity contribution in [2.45, 2.75) is 52.4 Å². The van der Waals surface area contributed by atoms with Crippen LogP contribution >= 0.6 is 11.3 Å². The number of hydrogen-bond donors (Lipinski definition) is 1. The SMILES string of the molecule is CCOC(=O)C(C)(C)c1csc(NCC2(C)CCC2)n1. The second kappa shape index (κ2) is 5.72. The molecule has 1 aromatic heterocycles. The van der Waals surface area contributed by atoms with Crippen molar-refractivity contribution in [2.24, 2.45) is 5.41 Å². The fourth-order valence-electron chi connectivity index (χ4n) is 2.30. The largest absolute Gasteiger partial charge is 0.465 e. The van der Waals surface area contributed by atoms with Crippen LogP contribution < -0.4 is 5.32 Å². The van der Waals surface area contributed by atoms with Gasteiger partial charge in [0.1, 0.15) is 5.41 Å². The highest BCUT2D eigenvalue weighted by atomic mass is 32.1. The first kappa shape index (κ1) is 15.3. The summed E-state index contributed by atoms with van der Waals surface area (Å²) in [6.07, 6.45) is 3.90. The van der Waals surface area contributed by atoms with E-state index in [0.717, 1.165) is 17.4 Å². The van der Waals surface area contributed by atoms with Crippen molar-refractivity contribution in [3.8, 4) is 0 Å². The van der Waals surface area contributed by atoms with E-state index in [1.165, 1.54) is 19.3 Å². The zero-order chi connectivity index (χ0) is 14.8. The van der Waals surface area contributed by atoms with E-state index >= 15 is 0 Å². The molecule has 5 heteroatoms. The third kappa shape index (κ3) is 3.14. The van der Waals surface area contributed by atoms with Crippen LogP contribution in [0.2, 0.25) is 0 Å². The molecule has 0 aromatic carbocycles. The van der Waals surface area contributed by atoms with Crippen LogP contribution in [0.15, 0.2) is 5.38 Å². The topological polar surface area (TPSA) is 51.2 Å². The molecule has 0 atom stereocenters. The standard InChI is InChI=1S/C15H24N2O2S/c1-5-19-12(18)14(2,3)11-9-20-13(17-11)16-10-15(4)7-6-8-15/h9H,5-8,10H2,1-4H3,(H,16,17). The minimum Gasteiger partial charge on any atom is -0.465 e. The summed E-state index contributed by atoms with van der Waals surface area (Å²) in [7, 11) is 0. The van der Waals surface area contributed by atoms with Crippen molar-refractivity contribution in [1.82, 2.24) is 4.98 Å². The maximum atomic E-state index is 12.0. The summed E-state index contributed by atoms with van der Waals surface area (Å²) >= 11 is 1.56. The van der Waals surface area contributed by atoms with Crippen LogP contribution in [-0.4, -0.2) is 24.1 Å². The average molecular weight is 296 g/mol. The second-order valence-electron chi connectivity index (χ2n) is 6.40. The van der Waals surface area contributed by atoms with Crippen molar-refractivity contribution in [1.29, 1.82) is 0 Å². The summed E-state index contributed by atoms with van der Waals surface area (Å²) in [5.74, 6) is -0.220. The zero-order valence-corrected chi connectivity index (χ0v) is 13.6.